The molecule has 17 heavy (non-hydrogen) atoms. The number of hydrogen-bond acceptors (Lipinski definition) is 2. The van der Waals surface area contributed by atoms with Gasteiger partial charge in [-0.15, -0.1) is 0 Å². The first-order valence-electron chi connectivity index (χ1n) is 6.87. The Morgan fingerprint density at radius 1 is 1.24 bits per heavy atom. The zero-order chi connectivity index (χ0) is 13.1. The maximum atomic E-state index is 12.0. The molecule has 1 fully saturated rings. The van der Waals surface area contributed by atoms with Gasteiger partial charge in [-0.05, 0) is 46.5 Å². The molecule has 2 N–H and O–H groups in total. The van der Waals surface area contributed by atoms with Gasteiger partial charge in [0.1, 0.15) is 0 Å². The summed E-state index contributed by atoms with van der Waals surface area (Å²) < 4.78 is 0. The van der Waals surface area contributed by atoms with E-state index in [1.807, 2.05) is 27.7 Å². The van der Waals surface area contributed by atoms with Crippen LogP contribution in [0.3, 0.4) is 0 Å². The van der Waals surface area contributed by atoms with E-state index < -0.39 is 0 Å². The summed E-state index contributed by atoms with van der Waals surface area (Å²) in [6, 6.07) is 0.407. The Kier molecular flexibility index (Phi) is 4.99. The molecule has 3 heteroatoms. The van der Waals surface area contributed by atoms with E-state index >= 15 is 0 Å². The monoisotopic (exact) mass is 240 g/mol. The molecular formula is C14H28N2O. The Labute approximate surface area is 106 Å². The van der Waals surface area contributed by atoms with Crippen molar-refractivity contribution in [2.45, 2.75) is 77.9 Å². The normalized spacial score (nSPS) is 27.6. The van der Waals surface area contributed by atoms with E-state index in [9.17, 15) is 4.79 Å². The third kappa shape index (κ3) is 5.07. The molecule has 0 aromatic rings. The van der Waals surface area contributed by atoms with Crippen LogP contribution in [0, 0.1) is 5.92 Å². The summed E-state index contributed by atoms with van der Waals surface area (Å²) in [4.78, 5) is 12.0. The minimum atomic E-state index is -0.148. The Bertz CT molecular complexity index is 257. The molecular weight excluding hydrogens is 212 g/mol. The van der Waals surface area contributed by atoms with Gasteiger partial charge in [-0.1, -0.05) is 19.8 Å². The van der Waals surface area contributed by atoms with Crippen LogP contribution >= 0.6 is 0 Å². The van der Waals surface area contributed by atoms with Crippen molar-refractivity contribution < 1.29 is 4.79 Å². The second kappa shape index (κ2) is 5.85. The predicted octanol–water partition coefficient (Wildman–Crippen LogP) is 2.46. The van der Waals surface area contributed by atoms with Crippen LogP contribution in [-0.2, 0) is 4.79 Å². The third-order valence-corrected chi connectivity index (χ3v) is 3.47. The fourth-order valence-corrected chi connectivity index (χ4v) is 2.44. The van der Waals surface area contributed by atoms with Gasteiger partial charge < -0.3 is 10.6 Å². The van der Waals surface area contributed by atoms with Crippen molar-refractivity contribution in [3.8, 4) is 0 Å². The number of rotatable bonds is 3. The second-order valence-electron chi connectivity index (χ2n) is 6.50. The average Bonchev–Trinajstić information content (AvgIpc) is 2.18. The van der Waals surface area contributed by atoms with Crippen LogP contribution in [-0.4, -0.2) is 23.5 Å². The van der Waals surface area contributed by atoms with Crippen molar-refractivity contribution in [2.75, 3.05) is 0 Å². The highest BCUT2D eigenvalue weighted by molar-refractivity contribution is 5.81. The largest absolute Gasteiger partial charge is 0.350 e. The van der Waals surface area contributed by atoms with Crippen molar-refractivity contribution in [1.29, 1.82) is 0 Å². The zero-order valence-electron chi connectivity index (χ0n) is 12.0. The van der Waals surface area contributed by atoms with Gasteiger partial charge in [0.2, 0.25) is 5.91 Å². The summed E-state index contributed by atoms with van der Waals surface area (Å²) in [7, 11) is 0. The van der Waals surface area contributed by atoms with Gasteiger partial charge in [0.15, 0.2) is 0 Å². The molecule has 1 aliphatic carbocycles. The lowest BCUT2D eigenvalue weighted by atomic mass is 9.85. The summed E-state index contributed by atoms with van der Waals surface area (Å²) in [5, 5.41) is 6.50. The van der Waals surface area contributed by atoms with Crippen LogP contribution in [0.1, 0.15) is 60.3 Å². The summed E-state index contributed by atoms with van der Waals surface area (Å²) in [5.74, 6) is 0.795. The SMILES string of the molecule is CC(NC1CCCCC1C)C(=O)NC(C)(C)C. The highest BCUT2D eigenvalue weighted by atomic mass is 16.2. The Morgan fingerprint density at radius 3 is 2.35 bits per heavy atom. The third-order valence-electron chi connectivity index (χ3n) is 3.47. The molecule has 3 nitrogen and oxygen atoms in total. The Balaban J connectivity index is 2.42. The van der Waals surface area contributed by atoms with E-state index in [-0.39, 0.29) is 17.5 Å². The van der Waals surface area contributed by atoms with E-state index in [1.165, 1.54) is 25.7 Å². The molecule has 0 radical (unpaired) electrons. The highest BCUT2D eigenvalue weighted by Gasteiger charge is 2.26. The lowest BCUT2D eigenvalue weighted by Crippen LogP contribution is -2.53. The molecule has 0 aromatic carbocycles. The molecule has 0 aliphatic heterocycles. The van der Waals surface area contributed by atoms with Crippen molar-refractivity contribution in [3.05, 3.63) is 0 Å². The molecule has 1 aliphatic rings. The summed E-state index contributed by atoms with van der Waals surface area (Å²) in [6.07, 6.45) is 5.11. The number of carbonyl (C=O) groups excluding carboxylic acids is 1. The fourth-order valence-electron chi connectivity index (χ4n) is 2.44. The highest BCUT2D eigenvalue weighted by Crippen LogP contribution is 2.24. The molecule has 0 aromatic heterocycles. The quantitative estimate of drug-likeness (QED) is 0.795. The topological polar surface area (TPSA) is 41.1 Å². The van der Waals surface area contributed by atoms with Crippen molar-refractivity contribution in [1.82, 2.24) is 10.6 Å². The van der Waals surface area contributed by atoms with E-state index in [2.05, 4.69) is 17.6 Å². The maximum absolute atomic E-state index is 12.0. The van der Waals surface area contributed by atoms with E-state index in [0.717, 1.165) is 0 Å². The average molecular weight is 240 g/mol. The molecule has 1 amide bonds. The van der Waals surface area contributed by atoms with Crippen molar-refractivity contribution in [3.63, 3.8) is 0 Å². The van der Waals surface area contributed by atoms with Crippen molar-refractivity contribution >= 4 is 5.91 Å². The first-order valence-corrected chi connectivity index (χ1v) is 6.87. The van der Waals surface area contributed by atoms with Crippen molar-refractivity contribution in [2.24, 2.45) is 5.92 Å². The number of carbonyl (C=O) groups is 1. The standard InChI is InChI=1S/C14H28N2O/c1-10-8-6-7-9-12(10)15-11(2)13(17)16-14(3,4)5/h10-12,15H,6-9H2,1-5H3,(H,16,17). The molecule has 0 bridgehead atoms. The van der Waals surface area contributed by atoms with E-state index in [4.69, 9.17) is 0 Å². The summed E-state index contributed by atoms with van der Waals surface area (Å²) in [6.45, 7) is 10.3. The number of hydrogen-bond donors (Lipinski definition) is 2. The minimum Gasteiger partial charge on any atom is -0.350 e. The molecule has 0 heterocycles. The molecule has 100 valence electrons. The maximum Gasteiger partial charge on any atom is 0.237 e. The Hall–Kier alpha value is -0.570. The lowest BCUT2D eigenvalue weighted by molar-refractivity contribution is -0.124. The van der Waals surface area contributed by atoms with Crippen LogP contribution < -0.4 is 10.6 Å². The molecule has 3 unspecified atom stereocenters. The van der Waals surface area contributed by atoms with E-state index in [1.54, 1.807) is 0 Å². The first kappa shape index (κ1) is 14.5. The lowest BCUT2D eigenvalue weighted by Gasteiger charge is -2.32. The second-order valence-corrected chi connectivity index (χ2v) is 6.50. The molecule has 0 spiro atoms. The molecule has 0 saturated heterocycles. The van der Waals surface area contributed by atoms with Gasteiger partial charge in [0.25, 0.3) is 0 Å². The van der Waals surface area contributed by atoms with Gasteiger partial charge in [-0.3, -0.25) is 4.79 Å². The van der Waals surface area contributed by atoms with Gasteiger partial charge >= 0.3 is 0 Å². The van der Waals surface area contributed by atoms with Crippen LogP contribution in [0.2, 0.25) is 0 Å². The minimum absolute atomic E-state index is 0.0974. The van der Waals surface area contributed by atoms with Gasteiger partial charge in [-0.2, -0.15) is 0 Å². The van der Waals surface area contributed by atoms with Crippen LogP contribution in [0.5, 0.6) is 0 Å². The summed E-state index contributed by atoms with van der Waals surface area (Å²) >= 11 is 0. The predicted molar refractivity (Wildman–Crippen MR) is 71.9 cm³/mol. The van der Waals surface area contributed by atoms with Gasteiger partial charge in [0, 0.05) is 11.6 Å². The summed E-state index contributed by atoms with van der Waals surface area (Å²) in [5.41, 5.74) is -0.148. The smallest absolute Gasteiger partial charge is 0.237 e. The Morgan fingerprint density at radius 2 is 1.82 bits per heavy atom. The fraction of sp³-hybridized carbons (Fsp3) is 0.929. The van der Waals surface area contributed by atoms with Gasteiger partial charge in [-0.25, -0.2) is 0 Å². The van der Waals surface area contributed by atoms with Crippen LogP contribution in [0.4, 0.5) is 0 Å². The molecule has 1 rings (SSSR count). The molecule has 1 saturated carbocycles. The van der Waals surface area contributed by atoms with Crippen LogP contribution in [0.25, 0.3) is 0 Å². The zero-order valence-corrected chi connectivity index (χ0v) is 12.0. The van der Waals surface area contributed by atoms with E-state index in [0.29, 0.717) is 12.0 Å². The molecule has 3 atom stereocenters. The number of amides is 1. The van der Waals surface area contributed by atoms with Gasteiger partial charge in [0.05, 0.1) is 6.04 Å². The van der Waals surface area contributed by atoms with Crippen LogP contribution in [0.15, 0.2) is 0 Å². The number of nitrogens with one attached hydrogen (secondary N) is 2. The first-order chi connectivity index (χ1) is 7.79.